The van der Waals surface area contributed by atoms with Crippen LogP contribution in [0.3, 0.4) is 0 Å². The van der Waals surface area contributed by atoms with Gasteiger partial charge in [0.25, 0.3) is 0 Å². The fraction of sp³-hybridized carbons (Fsp3) is 0.222. The van der Waals surface area contributed by atoms with Gasteiger partial charge in [0.05, 0.1) is 12.6 Å². The third-order valence-corrected chi connectivity index (χ3v) is 3.73. The number of hydrogen-bond donors (Lipinski definition) is 0. The number of para-hydroxylation sites is 1. The molecule has 0 saturated carbocycles. The maximum atomic E-state index is 5.14. The molecule has 3 heteroatoms. The molecule has 3 nitrogen and oxygen atoms in total. The smallest absolute Gasteiger partial charge is 0.213 e. The second-order valence-electron chi connectivity index (χ2n) is 5.19. The predicted molar refractivity (Wildman–Crippen MR) is 84.7 cm³/mol. The van der Waals surface area contributed by atoms with Crippen LogP contribution >= 0.6 is 0 Å². The third-order valence-electron chi connectivity index (χ3n) is 3.73. The Bertz CT molecular complexity index is 768. The number of aromatic nitrogens is 2. The van der Waals surface area contributed by atoms with E-state index in [0.717, 1.165) is 18.4 Å². The summed E-state index contributed by atoms with van der Waals surface area (Å²) in [6, 6.07) is 12.4. The summed E-state index contributed by atoms with van der Waals surface area (Å²) in [5, 5.41) is 1.19. The van der Waals surface area contributed by atoms with Gasteiger partial charge in [-0.1, -0.05) is 18.2 Å². The molecule has 0 atom stereocenters. The highest BCUT2D eigenvalue weighted by Crippen LogP contribution is 2.17. The monoisotopic (exact) mass is 278 g/mol. The zero-order valence-corrected chi connectivity index (χ0v) is 12.3. The molecule has 0 aliphatic rings. The average molecular weight is 278 g/mol. The van der Waals surface area contributed by atoms with Gasteiger partial charge in [-0.05, 0) is 48.6 Å². The Kier molecular flexibility index (Phi) is 3.82. The molecule has 21 heavy (non-hydrogen) atoms. The molecule has 0 aliphatic heterocycles. The van der Waals surface area contributed by atoms with Crippen molar-refractivity contribution in [1.29, 1.82) is 0 Å². The minimum atomic E-state index is 0.670. The number of pyridine rings is 2. The van der Waals surface area contributed by atoms with Crippen molar-refractivity contribution in [2.45, 2.75) is 19.8 Å². The molecule has 3 rings (SSSR count). The van der Waals surface area contributed by atoms with Crippen LogP contribution in [0.4, 0.5) is 0 Å². The zero-order valence-electron chi connectivity index (χ0n) is 12.3. The number of ether oxygens (including phenoxy) is 1. The topological polar surface area (TPSA) is 35.0 Å². The highest BCUT2D eigenvalue weighted by atomic mass is 16.5. The highest BCUT2D eigenvalue weighted by Gasteiger charge is 2.04. The first-order valence-electron chi connectivity index (χ1n) is 7.09. The second kappa shape index (κ2) is 5.92. The average Bonchev–Trinajstić information content (AvgIpc) is 2.53. The molecule has 2 aromatic heterocycles. The van der Waals surface area contributed by atoms with Gasteiger partial charge in [-0.15, -0.1) is 0 Å². The van der Waals surface area contributed by atoms with E-state index in [1.54, 1.807) is 7.11 Å². The molecule has 2 heterocycles. The van der Waals surface area contributed by atoms with E-state index >= 15 is 0 Å². The van der Waals surface area contributed by atoms with E-state index in [4.69, 9.17) is 4.74 Å². The predicted octanol–water partition coefficient (Wildman–Crippen LogP) is 3.73. The van der Waals surface area contributed by atoms with Gasteiger partial charge in [0.15, 0.2) is 0 Å². The van der Waals surface area contributed by atoms with Crippen LogP contribution in [-0.2, 0) is 12.8 Å². The van der Waals surface area contributed by atoms with Gasteiger partial charge in [-0.3, -0.25) is 4.98 Å². The molecule has 0 unspecified atom stereocenters. The lowest BCUT2D eigenvalue weighted by Crippen LogP contribution is -1.97. The van der Waals surface area contributed by atoms with Crippen LogP contribution in [0.15, 0.2) is 48.8 Å². The Morgan fingerprint density at radius 2 is 1.86 bits per heavy atom. The van der Waals surface area contributed by atoms with Gasteiger partial charge in [-0.2, -0.15) is 0 Å². The van der Waals surface area contributed by atoms with Gasteiger partial charge in [0.1, 0.15) is 0 Å². The minimum absolute atomic E-state index is 0.670. The van der Waals surface area contributed by atoms with Crippen molar-refractivity contribution < 1.29 is 4.74 Å². The fourth-order valence-electron chi connectivity index (χ4n) is 2.46. The lowest BCUT2D eigenvalue weighted by atomic mass is 10.0. The van der Waals surface area contributed by atoms with Gasteiger partial charge >= 0.3 is 0 Å². The summed E-state index contributed by atoms with van der Waals surface area (Å²) < 4.78 is 5.14. The first-order chi connectivity index (χ1) is 10.3. The molecule has 0 bridgehead atoms. The van der Waals surface area contributed by atoms with E-state index in [-0.39, 0.29) is 0 Å². The molecule has 0 amide bonds. The Balaban J connectivity index is 1.77. The fourth-order valence-corrected chi connectivity index (χ4v) is 2.46. The quantitative estimate of drug-likeness (QED) is 0.729. The first kappa shape index (κ1) is 13.6. The summed E-state index contributed by atoms with van der Waals surface area (Å²) in [6.07, 6.45) is 5.80. The van der Waals surface area contributed by atoms with Crippen LogP contribution in [-0.4, -0.2) is 17.1 Å². The lowest BCUT2D eigenvalue weighted by molar-refractivity contribution is 0.397. The normalized spacial score (nSPS) is 10.8. The SMILES string of the molecule is COc1cc(C)c(CCc2cnc3ccccc3c2)cn1. The second-order valence-corrected chi connectivity index (χ2v) is 5.19. The number of aryl methyl sites for hydroxylation is 3. The van der Waals surface area contributed by atoms with Crippen molar-refractivity contribution in [3.63, 3.8) is 0 Å². The summed E-state index contributed by atoms with van der Waals surface area (Å²) >= 11 is 0. The minimum Gasteiger partial charge on any atom is -0.481 e. The van der Waals surface area contributed by atoms with Crippen molar-refractivity contribution in [3.05, 3.63) is 65.5 Å². The molecule has 0 fully saturated rings. The van der Waals surface area contributed by atoms with Crippen LogP contribution in [0.1, 0.15) is 16.7 Å². The number of rotatable bonds is 4. The molecule has 106 valence electrons. The number of methoxy groups -OCH3 is 1. The number of benzene rings is 1. The van der Waals surface area contributed by atoms with Gasteiger partial charge in [0.2, 0.25) is 5.88 Å². The summed E-state index contributed by atoms with van der Waals surface area (Å²) in [6.45, 7) is 2.10. The molecule has 0 N–H and O–H groups in total. The highest BCUT2D eigenvalue weighted by molar-refractivity contribution is 5.78. The van der Waals surface area contributed by atoms with Crippen LogP contribution in [0, 0.1) is 6.92 Å². The third kappa shape index (κ3) is 3.02. The van der Waals surface area contributed by atoms with Crippen molar-refractivity contribution in [2.24, 2.45) is 0 Å². The van der Waals surface area contributed by atoms with Crippen molar-refractivity contribution in [3.8, 4) is 5.88 Å². The number of nitrogens with zero attached hydrogens (tertiary/aromatic N) is 2. The Morgan fingerprint density at radius 3 is 2.67 bits per heavy atom. The van der Waals surface area contributed by atoms with E-state index in [2.05, 4.69) is 29.0 Å². The van der Waals surface area contributed by atoms with E-state index in [9.17, 15) is 0 Å². The molecule has 0 radical (unpaired) electrons. The summed E-state index contributed by atoms with van der Waals surface area (Å²) in [5.74, 6) is 0.670. The molecule has 3 aromatic rings. The van der Waals surface area contributed by atoms with E-state index in [0.29, 0.717) is 5.88 Å². The van der Waals surface area contributed by atoms with Crippen LogP contribution in [0.5, 0.6) is 5.88 Å². The Morgan fingerprint density at radius 1 is 1.00 bits per heavy atom. The molecule has 1 aromatic carbocycles. The maximum absolute atomic E-state index is 5.14. The standard InChI is InChI=1S/C18H18N2O/c1-13-9-18(21-2)20-12-16(13)8-7-14-10-15-5-3-4-6-17(15)19-11-14/h3-6,9-12H,7-8H2,1-2H3. The molecule has 0 aliphatic carbocycles. The summed E-state index contributed by atoms with van der Waals surface area (Å²) in [5.41, 5.74) is 4.77. The Hall–Kier alpha value is -2.42. The van der Waals surface area contributed by atoms with Crippen LogP contribution in [0.2, 0.25) is 0 Å². The Labute approximate surface area is 124 Å². The van der Waals surface area contributed by atoms with Gasteiger partial charge in [-0.25, -0.2) is 4.98 Å². The van der Waals surface area contributed by atoms with Crippen LogP contribution in [0.25, 0.3) is 10.9 Å². The molecule has 0 spiro atoms. The van der Waals surface area contributed by atoms with Gasteiger partial charge < -0.3 is 4.74 Å². The first-order valence-corrected chi connectivity index (χ1v) is 7.09. The maximum Gasteiger partial charge on any atom is 0.213 e. The number of hydrogen-bond acceptors (Lipinski definition) is 3. The molecular formula is C18H18N2O. The van der Waals surface area contributed by atoms with E-state index in [1.807, 2.05) is 36.7 Å². The molecule has 0 saturated heterocycles. The van der Waals surface area contributed by atoms with Crippen molar-refractivity contribution in [2.75, 3.05) is 7.11 Å². The summed E-state index contributed by atoms with van der Waals surface area (Å²) in [4.78, 5) is 8.79. The van der Waals surface area contributed by atoms with Crippen molar-refractivity contribution >= 4 is 10.9 Å². The van der Waals surface area contributed by atoms with Crippen molar-refractivity contribution in [1.82, 2.24) is 9.97 Å². The summed E-state index contributed by atoms with van der Waals surface area (Å²) in [7, 11) is 1.64. The molecular weight excluding hydrogens is 260 g/mol. The van der Waals surface area contributed by atoms with E-state index < -0.39 is 0 Å². The zero-order chi connectivity index (χ0) is 14.7. The van der Waals surface area contributed by atoms with Crippen LogP contribution < -0.4 is 4.74 Å². The van der Waals surface area contributed by atoms with Gasteiger partial charge in [0, 0.05) is 23.8 Å². The number of fused-ring (bicyclic) bond motifs is 1. The largest absolute Gasteiger partial charge is 0.481 e. The lowest BCUT2D eigenvalue weighted by Gasteiger charge is -2.07. The van der Waals surface area contributed by atoms with E-state index in [1.165, 1.54) is 22.1 Å².